The monoisotopic (exact) mass is 490 g/mol. The largest absolute Gasteiger partial charge is 0.494 e. The van der Waals surface area contributed by atoms with Crippen LogP contribution in [0.3, 0.4) is 0 Å². The minimum absolute atomic E-state index is 0.0325. The lowest BCUT2D eigenvalue weighted by atomic mass is 10.0. The van der Waals surface area contributed by atoms with E-state index in [1.165, 1.54) is 30.3 Å². The van der Waals surface area contributed by atoms with E-state index >= 15 is 0 Å². The number of pyridine rings is 1. The lowest BCUT2D eigenvalue weighted by Crippen LogP contribution is -2.35. The molecule has 1 atom stereocenters. The molecule has 36 heavy (non-hydrogen) atoms. The Labute approximate surface area is 205 Å². The van der Waals surface area contributed by atoms with Crippen molar-refractivity contribution in [2.75, 3.05) is 12.4 Å². The topological polar surface area (TPSA) is 124 Å². The first kappa shape index (κ1) is 23.2. The van der Waals surface area contributed by atoms with Crippen molar-refractivity contribution in [1.29, 1.82) is 0 Å². The second-order valence-electron chi connectivity index (χ2n) is 8.22. The second-order valence-corrected chi connectivity index (χ2v) is 8.22. The highest BCUT2D eigenvalue weighted by Crippen LogP contribution is 2.31. The van der Waals surface area contributed by atoms with E-state index in [0.717, 1.165) is 5.56 Å². The third-order valence-electron chi connectivity index (χ3n) is 5.91. The average molecular weight is 490 g/mol. The van der Waals surface area contributed by atoms with Gasteiger partial charge in [0.2, 0.25) is 11.8 Å². The van der Waals surface area contributed by atoms with Crippen LogP contribution in [-0.2, 0) is 24.3 Å². The third-order valence-corrected chi connectivity index (χ3v) is 5.91. The molecule has 11 heteroatoms. The molecule has 0 saturated carbocycles. The van der Waals surface area contributed by atoms with Crippen molar-refractivity contribution in [1.82, 2.24) is 24.8 Å². The molecule has 1 aliphatic heterocycles. The summed E-state index contributed by atoms with van der Waals surface area (Å²) >= 11 is 0. The second kappa shape index (κ2) is 9.98. The Morgan fingerprint density at radius 3 is 2.89 bits per heavy atom. The first-order valence-corrected chi connectivity index (χ1v) is 11.3. The van der Waals surface area contributed by atoms with Crippen LogP contribution in [0.2, 0.25) is 0 Å². The fourth-order valence-corrected chi connectivity index (χ4v) is 4.01. The molecule has 4 heterocycles. The number of ether oxygens (including phenoxy) is 1. The molecule has 1 aliphatic rings. The molecular formula is C25H23FN6O4. The lowest BCUT2D eigenvalue weighted by molar-refractivity contribution is -0.121. The summed E-state index contributed by atoms with van der Waals surface area (Å²) in [6, 6.07) is 10.7. The van der Waals surface area contributed by atoms with Gasteiger partial charge in [-0.1, -0.05) is 18.2 Å². The molecule has 184 valence electrons. The molecule has 0 aliphatic carbocycles. The zero-order chi connectivity index (χ0) is 25.1. The Bertz CT molecular complexity index is 1450. The van der Waals surface area contributed by atoms with Gasteiger partial charge in [0, 0.05) is 17.8 Å². The van der Waals surface area contributed by atoms with Gasteiger partial charge in [-0.3, -0.25) is 19.1 Å². The van der Waals surface area contributed by atoms with Gasteiger partial charge in [0.15, 0.2) is 11.6 Å². The van der Waals surface area contributed by atoms with Crippen molar-refractivity contribution in [2.24, 2.45) is 0 Å². The van der Waals surface area contributed by atoms with Crippen LogP contribution in [0.25, 0.3) is 11.5 Å². The Morgan fingerprint density at radius 1 is 1.25 bits per heavy atom. The van der Waals surface area contributed by atoms with Crippen LogP contribution in [0.4, 0.5) is 10.1 Å². The van der Waals surface area contributed by atoms with E-state index < -0.39 is 11.7 Å². The number of nitrogens with one attached hydrogen (secondary N) is 2. The van der Waals surface area contributed by atoms with Gasteiger partial charge in [-0.25, -0.2) is 14.4 Å². The molecule has 0 bridgehead atoms. The predicted molar refractivity (Wildman–Crippen MR) is 128 cm³/mol. The Morgan fingerprint density at radius 2 is 2.08 bits per heavy atom. The minimum atomic E-state index is -0.647. The number of methoxy groups -OCH3 is 1. The molecule has 3 aromatic heterocycles. The fraction of sp³-hybridized carbons (Fsp3) is 0.240. The van der Waals surface area contributed by atoms with E-state index in [1.54, 1.807) is 6.20 Å². The maximum absolute atomic E-state index is 14.3. The smallest absolute Gasteiger partial charge is 0.277 e. The third kappa shape index (κ3) is 4.67. The minimum Gasteiger partial charge on any atom is -0.494 e. The van der Waals surface area contributed by atoms with E-state index in [1.807, 2.05) is 30.3 Å². The molecular weight excluding hydrogens is 467 g/mol. The maximum atomic E-state index is 14.3. The number of rotatable bonds is 7. The van der Waals surface area contributed by atoms with Gasteiger partial charge in [-0.2, -0.15) is 0 Å². The summed E-state index contributed by atoms with van der Waals surface area (Å²) in [5.74, 6) is 0.0110. The average Bonchev–Trinajstić information content (AvgIpc) is 3.41. The van der Waals surface area contributed by atoms with Gasteiger partial charge >= 0.3 is 0 Å². The number of aromatic nitrogens is 4. The number of amides is 1. The van der Waals surface area contributed by atoms with Crippen molar-refractivity contribution in [3.63, 3.8) is 0 Å². The van der Waals surface area contributed by atoms with E-state index in [4.69, 9.17) is 9.15 Å². The summed E-state index contributed by atoms with van der Waals surface area (Å²) in [5.41, 5.74) is 1.45. The zero-order valence-electron chi connectivity index (χ0n) is 19.4. The van der Waals surface area contributed by atoms with Crippen molar-refractivity contribution >= 4 is 11.6 Å². The number of halogens is 1. The number of carbonyl (C=O) groups is 1. The summed E-state index contributed by atoms with van der Waals surface area (Å²) in [6.07, 6.45) is 5.62. The highest BCUT2D eigenvalue weighted by Gasteiger charge is 2.26. The molecule has 0 radical (unpaired) electrons. The lowest BCUT2D eigenvalue weighted by Gasteiger charge is -2.24. The number of benzene rings is 1. The number of aryl methyl sites for hydroxylation is 1. The summed E-state index contributed by atoms with van der Waals surface area (Å²) in [6.45, 7) is -0.429. The van der Waals surface area contributed by atoms with Crippen LogP contribution in [0.1, 0.15) is 29.6 Å². The number of carbonyl (C=O) groups excluding carboxylic acids is 1. The molecule has 0 spiro atoms. The van der Waals surface area contributed by atoms with Crippen molar-refractivity contribution in [2.45, 2.75) is 32.0 Å². The number of oxazole rings is 1. The molecule has 0 fully saturated rings. The fourth-order valence-electron chi connectivity index (χ4n) is 4.01. The van der Waals surface area contributed by atoms with Crippen molar-refractivity contribution in [3.8, 4) is 17.2 Å². The highest BCUT2D eigenvalue weighted by atomic mass is 19.1. The van der Waals surface area contributed by atoms with Gasteiger partial charge in [-0.05, 0) is 25.0 Å². The number of anilines is 1. The normalized spacial score (nSPS) is 14.6. The summed E-state index contributed by atoms with van der Waals surface area (Å²) in [7, 11) is 1.35. The molecule has 0 saturated heterocycles. The number of hydrogen-bond acceptors (Lipinski definition) is 8. The van der Waals surface area contributed by atoms with Crippen LogP contribution in [-0.4, -0.2) is 32.5 Å². The van der Waals surface area contributed by atoms with Crippen molar-refractivity contribution in [3.05, 3.63) is 88.4 Å². The number of hydrogen-bond donors (Lipinski definition) is 2. The first-order valence-electron chi connectivity index (χ1n) is 11.3. The maximum Gasteiger partial charge on any atom is 0.277 e. The summed E-state index contributed by atoms with van der Waals surface area (Å²) in [4.78, 5) is 38.2. The number of nitrogens with zero attached hydrogens (tertiary/aromatic N) is 4. The van der Waals surface area contributed by atoms with Crippen LogP contribution in [0.5, 0.6) is 5.75 Å². The van der Waals surface area contributed by atoms with Crippen LogP contribution in [0.15, 0.2) is 64.3 Å². The molecule has 1 aromatic carbocycles. The summed E-state index contributed by atoms with van der Waals surface area (Å²) in [5, 5.41) is 5.77. The van der Waals surface area contributed by atoms with E-state index in [9.17, 15) is 14.0 Å². The Hall–Kier alpha value is -4.54. The predicted octanol–water partition coefficient (Wildman–Crippen LogP) is 2.86. The first-order chi connectivity index (χ1) is 17.5. The standard InChI is InChI=1S/C25H23FN6O4/c1-35-19-9-10-27-18(22(19)26)11-28-21(33)13-32-14-30-17-8-7-16(31-23(17)25(32)34)20-12-29-24(36-20)15-5-3-2-4-6-15/h2-6,9-10,12,14,16,31H,7-8,11,13H2,1H3,(H,28,33). The van der Waals surface area contributed by atoms with Gasteiger partial charge in [-0.15, -0.1) is 0 Å². The molecule has 2 N–H and O–H groups in total. The molecule has 1 unspecified atom stereocenters. The summed E-state index contributed by atoms with van der Waals surface area (Å²) < 4.78 is 26.3. The van der Waals surface area contributed by atoms with Gasteiger partial charge in [0.05, 0.1) is 43.6 Å². The molecule has 5 rings (SSSR count). The Balaban J connectivity index is 1.27. The van der Waals surface area contributed by atoms with E-state index in [0.29, 0.717) is 35.9 Å². The van der Waals surface area contributed by atoms with Crippen molar-refractivity contribution < 1.29 is 18.3 Å². The van der Waals surface area contributed by atoms with Crippen LogP contribution in [0, 0.1) is 5.82 Å². The Kier molecular flexibility index (Phi) is 6.44. The van der Waals surface area contributed by atoms with E-state index in [-0.39, 0.29) is 36.1 Å². The van der Waals surface area contributed by atoms with E-state index in [2.05, 4.69) is 25.6 Å². The zero-order valence-corrected chi connectivity index (χ0v) is 19.4. The molecule has 4 aromatic rings. The molecule has 1 amide bonds. The molecule has 10 nitrogen and oxygen atoms in total. The quantitative estimate of drug-likeness (QED) is 0.405. The van der Waals surface area contributed by atoms with Crippen LogP contribution < -0.4 is 20.9 Å². The van der Waals surface area contributed by atoms with Gasteiger partial charge < -0.3 is 19.8 Å². The van der Waals surface area contributed by atoms with Gasteiger partial charge in [0.1, 0.15) is 18.0 Å². The highest BCUT2D eigenvalue weighted by molar-refractivity contribution is 5.75. The number of fused-ring (bicyclic) bond motifs is 1. The SMILES string of the molecule is COc1ccnc(CNC(=O)Cn2cnc3c(c2=O)NC(c2cnc(-c4ccccc4)o2)CC3)c1F. The van der Waals surface area contributed by atoms with Gasteiger partial charge in [0.25, 0.3) is 5.56 Å². The van der Waals surface area contributed by atoms with Crippen LogP contribution >= 0.6 is 0 Å².